The van der Waals surface area contributed by atoms with Crippen LogP contribution in [0.1, 0.15) is 22.1 Å². The lowest BCUT2D eigenvalue weighted by Crippen LogP contribution is -2.29. The number of carbonyl (C=O) groups excluding carboxylic acids is 1. The second-order valence-corrected chi connectivity index (χ2v) is 6.40. The Hall–Kier alpha value is -2.53. The Morgan fingerprint density at radius 2 is 2.17 bits per heavy atom. The summed E-state index contributed by atoms with van der Waals surface area (Å²) < 4.78 is 10.7. The van der Waals surface area contributed by atoms with E-state index in [2.05, 4.69) is 11.4 Å². The van der Waals surface area contributed by atoms with Crippen molar-refractivity contribution in [2.45, 2.75) is 12.3 Å². The van der Waals surface area contributed by atoms with Crippen LogP contribution in [0.5, 0.6) is 5.75 Å². The highest BCUT2D eigenvalue weighted by atomic mass is 32.1. The number of rotatable bonds is 7. The molecule has 0 saturated heterocycles. The van der Waals surface area contributed by atoms with E-state index in [0.717, 1.165) is 17.1 Å². The summed E-state index contributed by atoms with van der Waals surface area (Å²) in [6, 6.07) is 15.4. The van der Waals surface area contributed by atoms with E-state index in [0.29, 0.717) is 13.0 Å². The van der Waals surface area contributed by atoms with E-state index in [4.69, 9.17) is 9.15 Å². The minimum Gasteiger partial charge on any atom is -0.497 e. The minimum absolute atomic E-state index is 0.0173. The normalized spacial score (nSPS) is 11.9. The molecule has 1 N–H and O–H groups in total. The Morgan fingerprint density at radius 1 is 1.25 bits per heavy atom. The van der Waals surface area contributed by atoms with Crippen molar-refractivity contribution in [1.29, 1.82) is 0 Å². The predicted octanol–water partition coefficient (Wildman–Crippen LogP) is 3.84. The van der Waals surface area contributed by atoms with Gasteiger partial charge in [0.15, 0.2) is 0 Å². The molecule has 3 aromatic rings. The Kier molecular flexibility index (Phi) is 5.33. The molecule has 5 heteroatoms. The average Bonchev–Trinajstić information content (AvgIpc) is 3.29. The number of nitrogens with one attached hydrogen (secondary N) is 1. The number of hydrogen-bond donors (Lipinski definition) is 1. The fourth-order valence-electron chi connectivity index (χ4n) is 2.57. The Labute approximate surface area is 145 Å². The predicted molar refractivity (Wildman–Crippen MR) is 94.6 cm³/mol. The van der Waals surface area contributed by atoms with E-state index in [1.807, 2.05) is 47.8 Å². The number of methoxy groups -OCH3 is 1. The fraction of sp³-hybridized carbons (Fsp3) is 0.211. The molecule has 0 spiro atoms. The van der Waals surface area contributed by atoms with Gasteiger partial charge >= 0.3 is 0 Å². The zero-order chi connectivity index (χ0) is 16.8. The highest BCUT2D eigenvalue weighted by Crippen LogP contribution is 2.28. The van der Waals surface area contributed by atoms with Crippen LogP contribution >= 0.6 is 11.3 Å². The summed E-state index contributed by atoms with van der Waals surface area (Å²) in [5, 5.41) is 5.04. The number of hydrogen-bond acceptors (Lipinski definition) is 4. The summed E-state index contributed by atoms with van der Waals surface area (Å²) in [4.78, 5) is 13.4. The number of amides is 1. The first-order valence-electron chi connectivity index (χ1n) is 7.72. The van der Waals surface area contributed by atoms with Gasteiger partial charge in [0.2, 0.25) is 5.91 Å². The van der Waals surface area contributed by atoms with Crippen molar-refractivity contribution in [2.24, 2.45) is 0 Å². The van der Waals surface area contributed by atoms with Crippen LogP contribution in [0.3, 0.4) is 0 Å². The topological polar surface area (TPSA) is 51.5 Å². The van der Waals surface area contributed by atoms with Gasteiger partial charge in [-0.2, -0.15) is 0 Å². The van der Waals surface area contributed by atoms with Crippen LogP contribution in [-0.2, 0) is 11.2 Å². The Bertz CT molecular complexity index is 732. The summed E-state index contributed by atoms with van der Waals surface area (Å²) in [5.41, 5.74) is 0.928. The zero-order valence-corrected chi connectivity index (χ0v) is 14.2. The monoisotopic (exact) mass is 341 g/mol. The molecule has 124 valence electrons. The van der Waals surface area contributed by atoms with Gasteiger partial charge in [0.25, 0.3) is 0 Å². The lowest BCUT2D eigenvalue weighted by molar-refractivity contribution is -0.120. The maximum Gasteiger partial charge on any atom is 0.224 e. The van der Waals surface area contributed by atoms with Gasteiger partial charge in [-0.25, -0.2) is 0 Å². The summed E-state index contributed by atoms with van der Waals surface area (Å²) in [6.45, 7) is 0.511. The number of benzene rings is 1. The fourth-order valence-corrected chi connectivity index (χ4v) is 3.40. The van der Waals surface area contributed by atoms with Gasteiger partial charge in [0.05, 0.1) is 25.7 Å². The van der Waals surface area contributed by atoms with Crippen LogP contribution < -0.4 is 10.1 Å². The van der Waals surface area contributed by atoms with Gasteiger partial charge in [-0.05, 0) is 41.3 Å². The molecule has 1 amide bonds. The Balaban J connectivity index is 1.63. The highest BCUT2D eigenvalue weighted by molar-refractivity contribution is 7.10. The summed E-state index contributed by atoms with van der Waals surface area (Å²) in [5.74, 6) is 1.64. The molecule has 0 aliphatic carbocycles. The van der Waals surface area contributed by atoms with Gasteiger partial charge in [0, 0.05) is 11.4 Å². The molecular weight excluding hydrogens is 322 g/mol. The summed E-state index contributed by atoms with van der Waals surface area (Å²) >= 11 is 1.66. The molecule has 4 nitrogen and oxygen atoms in total. The van der Waals surface area contributed by atoms with Crippen LogP contribution in [0.15, 0.2) is 64.6 Å². The molecule has 0 aliphatic heterocycles. The SMILES string of the molecule is COc1cccc(CC(=O)NC[C@H](c2ccco2)c2cccs2)c1. The van der Waals surface area contributed by atoms with Crippen molar-refractivity contribution in [2.75, 3.05) is 13.7 Å². The van der Waals surface area contributed by atoms with Crippen LogP contribution in [0.25, 0.3) is 0 Å². The minimum atomic E-state index is -0.0173. The first kappa shape index (κ1) is 16.3. The molecule has 3 rings (SSSR count). The molecule has 0 unspecified atom stereocenters. The number of thiophene rings is 1. The van der Waals surface area contributed by atoms with Crippen LogP contribution in [0.4, 0.5) is 0 Å². The van der Waals surface area contributed by atoms with Crippen LogP contribution in [-0.4, -0.2) is 19.6 Å². The molecule has 2 heterocycles. The quantitative estimate of drug-likeness (QED) is 0.710. The third-order valence-electron chi connectivity index (χ3n) is 3.78. The van der Waals surface area contributed by atoms with Gasteiger partial charge in [-0.15, -0.1) is 11.3 Å². The van der Waals surface area contributed by atoms with Crippen molar-refractivity contribution in [3.8, 4) is 5.75 Å². The smallest absolute Gasteiger partial charge is 0.224 e. The number of ether oxygens (including phenoxy) is 1. The summed E-state index contributed by atoms with van der Waals surface area (Å²) in [6.07, 6.45) is 1.99. The van der Waals surface area contributed by atoms with Gasteiger partial charge in [-0.3, -0.25) is 4.79 Å². The van der Waals surface area contributed by atoms with Crippen molar-refractivity contribution in [3.63, 3.8) is 0 Å². The van der Waals surface area contributed by atoms with Crippen molar-refractivity contribution in [3.05, 3.63) is 76.4 Å². The molecule has 0 bridgehead atoms. The van der Waals surface area contributed by atoms with Crippen molar-refractivity contribution >= 4 is 17.2 Å². The number of furan rings is 1. The molecule has 0 fully saturated rings. The maximum atomic E-state index is 12.3. The van der Waals surface area contributed by atoms with E-state index in [9.17, 15) is 4.79 Å². The second kappa shape index (κ2) is 7.84. The third kappa shape index (κ3) is 4.06. The molecule has 24 heavy (non-hydrogen) atoms. The molecule has 0 saturated carbocycles. The van der Waals surface area contributed by atoms with E-state index in [1.165, 1.54) is 4.88 Å². The molecule has 1 atom stereocenters. The Morgan fingerprint density at radius 3 is 2.88 bits per heavy atom. The second-order valence-electron chi connectivity index (χ2n) is 5.42. The van der Waals surface area contributed by atoms with Crippen LogP contribution in [0, 0.1) is 0 Å². The maximum absolute atomic E-state index is 12.3. The van der Waals surface area contributed by atoms with Crippen molar-refractivity contribution < 1.29 is 13.9 Å². The molecular formula is C19H19NO3S. The van der Waals surface area contributed by atoms with E-state index < -0.39 is 0 Å². The standard InChI is InChI=1S/C19H19NO3S/c1-22-15-6-2-5-14(11-15)12-19(21)20-13-16(17-7-3-9-23-17)18-8-4-10-24-18/h2-11,16H,12-13H2,1H3,(H,20,21)/t16-/m1/s1. The molecule has 1 aromatic carbocycles. The van der Waals surface area contributed by atoms with Crippen LogP contribution in [0.2, 0.25) is 0 Å². The first-order chi connectivity index (χ1) is 11.8. The number of carbonyl (C=O) groups is 1. The van der Waals surface area contributed by atoms with Gasteiger partial charge < -0.3 is 14.5 Å². The highest BCUT2D eigenvalue weighted by Gasteiger charge is 2.19. The zero-order valence-electron chi connectivity index (χ0n) is 13.4. The molecule has 0 aliphatic rings. The van der Waals surface area contributed by atoms with Crippen molar-refractivity contribution in [1.82, 2.24) is 5.32 Å². The molecule has 2 aromatic heterocycles. The van der Waals surface area contributed by atoms with E-state index >= 15 is 0 Å². The lowest BCUT2D eigenvalue weighted by Gasteiger charge is -2.14. The third-order valence-corrected chi connectivity index (χ3v) is 4.76. The first-order valence-corrected chi connectivity index (χ1v) is 8.60. The van der Waals surface area contributed by atoms with E-state index in [-0.39, 0.29) is 11.8 Å². The lowest BCUT2D eigenvalue weighted by atomic mass is 10.0. The largest absolute Gasteiger partial charge is 0.497 e. The van der Waals surface area contributed by atoms with Gasteiger partial charge in [0.1, 0.15) is 11.5 Å². The van der Waals surface area contributed by atoms with Gasteiger partial charge in [-0.1, -0.05) is 18.2 Å². The molecule has 0 radical (unpaired) electrons. The van der Waals surface area contributed by atoms with E-state index in [1.54, 1.807) is 24.7 Å². The average molecular weight is 341 g/mol. The summed E-state index contributed by atoms with van der Waals surface area (Å²) in [7, 11) is 1.62.